The summed E-state index contributed by atoms with van der Waals surface area (Å²) >= 11 is 0. The Morgan fingerprint density at radius 3 is 2.29 bits per heavy atom. The molecular weight excluding hydrogens is 376 g/mol. The van der Waals surface area contributed by atoms with Crippen molar-refractivity contribution in [3.05, 3.63) is 59.7 Å². The van der Waals surface area contributed by atoms with Gasteiger partial charge in [0, 0.05) is 19.7 Å². The van der Waals surface area contributed by atoms with Gasteiger partial charge in [0.15, 0.2) is 0 Å². The zero-order chi connectivity index (χ0) is 20.9. The summed E-state index contributed by atoms with van der Waals surface area (Å²) in [5, 5.41) is 2.74. The van der Waals surface area contributed by atoms with Crippen molar-refractivity contribution in [1.82, 2.24) is 9.62 Å². The van der Waals surface area contributed by atoms with E-state index in [0.29, 0.717) is 13.2 Å². The number of carbonyl (C=O) groups is 1. The van der Waals surface area contributed by atoms with Gasteiger partial charge in [-0.25, -0.2) is 12.7 Å². The van der Waals surface area contributed by atoms with Crippen molar-refractivity contribution < 1.29 is 17.9 Å². The minimum atomic E-state index is -3.58. The SMILES string of the molecule is CN(C)S(=O)(=O)c1cccc(C(=O)NCCOc2ccc(C(C)(C)C)cc2)c1. The maximum Gasteiger partial charge on any atom is 0.251 e. The first-order valence-electron chi connectivity index (χ1n) is 9.06. The molecule has 0 saturated heterocycles. The van der Waals surface area contributed by atoms with Crippen molar-refractivity contribution in [1.29, 1.82) is 0 Å². The second kappa shape index (κ2) is 8.75. The van der Waals surface area contributed by atoms with Gasteiger partial charge in [-0.15, -0.1) is 0 Å². The van der Waals surface area contributed by atoms with Crippen LogP contribution in [-0.4, -0.2) is 45.9 Å². The number of carbonyl (C=O) groups excluding carboxylic acids is 1. The van der Waals surface area contributed by atoms with E-state index in [1.54, 1.807) is 12.1 Å². The van der Waals surface area contributed by atoms with E-state index in [0.717, 1.165) is 10.1 Å². The first-order valence-corrected chi connectivity index (χ1v) is 10.5. The number of nitrogens with one attached hydrogen (secondary N) is 1. The Hall–Kier alpha value is -2.38. The fourth-order valence-corrected chi connectivity index (χ4v) is 3.44. The maximum absolute atomic E-state index is 12.3. The number of hydrogen-bond donors (Lipinski definition) is 1. The molecular formula is C21H28N2O4S. The molecule has 152 valence electrons. The predicted molar refractivity (Wildman–Crippen MR) is 110 cm³/mol. The molecule has 0 bridgehead atoms. The molecule has 0 radical (unpaired) electrons. The molecule has 0 spiro atoms. The molecule has 0 fully saturated rings. The maximum atomic E-state index is 12.3. The molecule has 0 aromatic heterocycles. The number of amides is 1. The lowest BCUT2D eigenvalue weighted by molar-refractivity contribution is 0.0946. The van der Waals surface area contributed by atoms with Crippen LogP contribution in [0.5, 0.6) is 5.75 Å². The first-order chi connectivity index (χ1) is 13.0. The van der Waals surface area contributed by atoms with Crippen LogP contribution in [0.25, 0.3) is 0 Å². The Balaban J connectivity index is 1.89. The summed E-state index contributed by atoms with van der Waals surface area (Å²) in [6, 6.07) is 13.9. The zero-order valence-corrected chi connectivity index (χ0v) is 17.8. The van der Waals surface area contributed by atoms with E-state index in [-0.39, 0.29) is 21.8 Å². The van der Waals surface area contributed by atoms with Crippen molar-refractivity contribution in [2.75, 3.05) is 27.2 Å². The molecule has 1 N–H and O–H groups in total. The zero-order valence-electron chi connectivity index (χ0n) is 17.0. The molecule has 2 rings (SSSR count). The fraction of sp³-hybridized carbons (Fsp3) is 0.381. The summed E-state index contributed by atoms with van der Waals surface area (Å²) < 4.78 is 31.1. The Bertz CT molecular complexity index is 914. The van der Waals surface area contributed by atoms with Crippen molar-refractivity contribution >= 4 is 15.9 Å². The lowest BCUT2D eigenvalue weighted by Gasteiger charge is -2.19. The standard InChI is InChI=1S/C21H28N2O4S/c1-21(2,3)17-9-11-18(12-10-17)27-14-13-22-20(24)16-7-6-8-19(15-16)28(25,26)23(4)5/h6-12,15H,13-14H2,1-5H3,(H,22,24). The highest BCUT2D eigenvalue weighted by Gasteiger charge is 2.18. The average molecular weight is 405 g/mol. The lowest BCUT2D eigenvalue weighted by Crippen LogP contribution is -2.28. The molecule has 0 unspecified atom stereocenters. The molecule has 0 aliphatic rings. The van der Waals surface area contributed by atoms with Crippen LogP contribution >= 0.6 is 0 Å². The number of hydrogen-bond acceptors (Lipinski definition) is 4. The number of rotatable bonds is 7. The van der Waals surface area contributed by atoms with E-state index in [2.05, 4.69) is 26.1 Å². The van der Waals surface area contributed by atoms with Crippen LogP contribution < -0.4 is 10.1 Å². The summed E-state index contributed by atoms with van der Waals surface area (Å²) in [6.07, 6.45) is 0. The van der Waals surface area contributed by atoms with Crippen LogP contribution in [0.2, 0.25) is 0 Å². The van der Waals surface area contributed by atoms with Crippen LogP contribution in [-0.2, 0) is 15.4 Å². The van der Waals surface area contributed by atoms with Gasteiger partial charge in [-0.1, -0.05) is 39.0 Å². The number of benzene rings is 2. The first kappa shape index (κ1) is 21.9. The van der Waals surface area contributed by atoms with E-state index < -0.39 is 10.0 Å². The van der Waals surface area contributed by atoms with Gasteiger partial charge < -0.3 is 10.1 Å². The molecule has 7 heteroatoms. The Morgan fingerprint density at radius 2 is 1.71 bits per heavy atom. The Labute approximate surface area is 167 Å². The number of ether oxygens (including phenoxy) is 1. The van der Waals surface area contributed by atoms with Crippen molar-refractivity contribution in [2.24, 2.45) is 0 Å². The molecule has 6 nitrogen and oxygen atoms in total. The van der Waals surface area contributed by atoms with Gasteiger partial charge in [-0.2, -0.15) is 0 Å². The van der Waals surface area contributed by atoms with Gasteiger partial charge in [0.2, 0.25) is 10.0 Å². The predicted octanol–water partition coefficient (Wildman–Crippen LogP) is 3.04. The smallest absolute Gasteiger partial charge is 0.251 e. The molecule has 0 aliphatic carbocycles. The van der Waals surface area contributed by atoms with Crippen LogP contribution in [0.4, 0.5) is 0 Å². The molecule has 0 aliphatic heterocycles. The lowest BCUT2D eigenvalue weighted by atomic mass is 9.87. The van der Waals surface area contributed by atoms with Crippen LogP contribution in [0.3, 0.4) is 0 Å². The highest BCUT2D eigenvalue weighted by Crippen LogP contribution is 2.24. The summed E-state index contributed by atoms with van der Waals surface area (Å²) in [5.74, 6) is 0.392. The minimum absolute atomic E-state index is 0.0836. The molecule has 0 saturated carbocycles. The van der Waals surface area contributed by atoms with Crippen molar-refractivity contribution in [2.45, 2.75) is 31.1 Å². The van der Waals surface area contributed by atoms with Crippen LogP contribution in [0, 0.1) is 0 Å². The summed E-state index contributed by atoms with van der Waals surface area (Å²) in [4.78, 5) is 12.4. The fourth-order valence-electron chi connectivity index (χ4n) is 2.50. The largest absolute Gasteiger partial charge is 0.492 e. The Kier molecular flexibility index (Phi) is 6.85. The topological polar surface area (TPSA) is 75.7 Å². The highest BCUT2D eigenvalue weighted by atomic mass is 32.2. The second-order valence-corrected chi connectivity index (χ2v) is 9.85. The highest BCUT2D eigenvalue weighted by molar-refractivity contribution is 7.89. The van der Waals surface area contributed by atoms with Gasteiger partial charge in [-0.05, 0) is 41.3 Å². The molecule has 1 amide bonds. The molecule has 28 heavy (non-hydrogen) atoms. The third kappa shape index (κ3) is 5.56. The van der Waals surface area contributed by atoms with Gasteiger partial charge in [-0.3, -0.25) is 4.79 Å². The van der Waals surface area contributed by atoms with Crippen LogP contribution in [0.1, 0.15) is 36.7 Å². The van der Waals surface area contributed by atoms with Crippen molar-refractivity contribution in [3.63, 3.8) is 0 Å². The van der Waals surface area contributed by atoms with Gasteiger partial charge in [0.1, 0.15) is 12.4 Å². The summed E-state index contributed by atoms with van der Waals surface area (Å²) in [7, 11) is -0.676. The van der Waals surface area contributed by atoms with Gasteiger partial charge >= 0.3 is 0 Å². The normalized spacial score (nSPS) is 12.1. The van der Waals surface area contributed by atoms with E-state index in [1.807, 2.05) is 24.3 Å². The van der Waals surface area contributed by atoms with Gasteiger partial charge in [0.05, 0.1) is 11.4 Å². The number of sulfonamides is 1. The quantitative estimate of drug-likeness (QED) is 0.720. The van der Waals surface area contributed by atoms with Gasteiger partial charge in [0.25, 0.3) is 5.91 Å². The van der Waals surface area contributed by atoms with E-state index in [9.17, 15) is 13.2 Å². The number of nitrogens with zero attached hydrogens (tertiary/aromatic N) is 1. The van der Waals surface area contributed by atoms with Crippen LogP contribution in [0.15, 0.2) is 53.4 Å². The summed E-state index contributed by atoms with van der Waals surface area (Å²) in [5.41, 5.74) is 1.60. The van der Waals surface area contributed by atoms with Crippen molar-refractivity contribution in [3.8, 4) is 5.75 Å². The summed E-state index contributed by atoms with van der Waals surface area (Å²) in [6.45, 7) is 7.08. The third-order valence-corrected chi connectivity index (χ3v) is 6.06. The van der Waals surface area contributed by atoms with E-state index >= 15 is 0 Å². The monoisotopic (exact) mass is 404 g/mol. The molecule has 0 heterocycles. The third-order valence-electron chi connectivity index (χ3n) is 4.25. The molecule has 2 aromatic carbocycles. The van der Waals surface area contributed by atoms with E-state index in [4.69, 9.17) is 4.74 Å². The van der Waals surface area contributed by atoms with E-state index in [1.165, 1.54) is 31.8 Å². The molecule has 2 aromatic rings. The molecule has 0 atom stereocenters. The second-order valence-electron chi connectivity index (χ2n) is 7.69. The Morgan fingerprint density at radius 1 is 1.07 bits per heavy atom. The minimum Gasteiger partial charge on any atom is -0.492 e. The average Bonchev–Trinajstić information content (AvgIpc) is 2.64.